The summed E-state index contributed by atoms with van der Waals surface area (Å²) in [5, 5.41) is 3.03. The highest BCUT2D eigenvalue weighted by Crippen LogP contribution is 2.28. The van der Waals surface area contributed by atoms with Crippen LogP contribution in [0.5, 0.6) is 0 Å². The number of piperazine rings is 1. The van der Waals surface area contributed by atoms with E-state index in [1.165, 1.54) is 0 Å². The van der Waals surface area contributed by atoms with Crippen LogP contribution in [0.1, 0.15) is 6.42 Å². The van der Waals surface area contributed by atoms with Gasteiger partial charge in [0.15, 0.2) is 0 Å². The van der Waals surface area contributed by atoms with E-state index in [0.29, 0.717) is 13.0 Å². The van der Waals surface area contributed by atoms with Crippen molar-refractivity contribution in [2.24, 2.45) is 0 Å². The molecule has 0 saturated carbocycles. The third-order valence-electron chi connectivity index (χ3n) is 2.56. The molecule has 2 fully saturated rings. The van der Waals surface area contributed by atoms with Gasteiger partial charge in [-0.05, 0) is 6.42 Å². The Morgan fingerprint density at radius 3 is 2.54 bits per heavy atom. The minimum atomic E-state index is -4.72. The molecule has 1 amide bonds. The Bertz CT molecular complexity index is 240. The molecule has 0 aromatic heterocycles. The predicted molar refractivity (Wildman–Crippen MR) is 38.0 cm³/mol. The van der Waals surface area contributed by atoms with Gasteiger partial charge in [-0.15, -0.1) is 0 Å². The highest BCUT2D eigenvalue weighted by molar-refractivity contribution is 5.82. The van der Waals surface area contributed by atoms with Crippen LogP contribution in [0, 0.1) is 0 Å². The Morgan fingerprint density at radius 1 is 1.46 bits per heavy atom. The highest BCUT2D eigenvalue weighted by atomic mass is 19.4. The zero-order chi connectivity index (χ0) is 9.64. The third-order valence-corrected chi connectivity index (χ3v) is 2.56. The van der Waals surface area contributed by atoms with Crippen molar-refractivity contribution in [3.05, 3.63) is 0 Å². The first-order valence-electron chi connectivity index (χ1n) is 4.09. The number of nitrogens with zero attached hydrogens (tertiary/aromatic N) is 1. The van der Waals surface area contributed by atoms with E-state index < -0.39 is 12.1 Å². The van der Waals surface area contributed by atoms with Gasteiger partial charge < -0.3 is 10.2 Å². The summed E-state index contributed by atoms with van der Waals surface area (Å²) in [5.74, 6) is -1.69. The van der Waals surface area contributed by atoms with Crippen LogP contribution < -0.4 is 5.32 Å². The number of hydrogen-bond donors (Lipinski definition) is 1. The smallest absolute Gasteiger partial charge is 0.329 e. The summed E-state index contributed by atoms with van der Waals surface area (Å²) in [7, 11) is 0. The third kappa shape index (κ3) is 1.39. The van der Waals surface area contributed by atoms with Gasteiger partial charge >= 0.3 is 12.1 Å². The van der Waals surface area contributed by atoms with E-state index in [4.69, 9.17) is 0 Å². The summed E-state index contributed by atoms with van der Waals surface area (Å²) in [5.41, 5.74) is 0. The number of rotatable bonds is 0. The van der Waals surface area contributed by atoms with Gasteiger partial charge in [-0.2, -0.15) is 13.2 Å². The number of carbonyl (C=O) groups excluding carboxylic acids is 1. The van der Waals surface area contributed by atoms with Gasteiger partial charge in [0.05, 0.1) is 0 Å². The monoisotopic (exact) mass is 194 g/mol. The average molecular weight is 194 g/mol. The van der Waals surface area contributed by atoms with E-state index in [0.717, 1.165) is 4.90 Å². The molecule has 0 aliphatic carbocycles. The minimum Gasteiger partial charge on any atom is -0.329 e. The van der Waals surface area contributed by atoms with Crippen LogP contribution in [0.3, 0.4) is 0 Å². The van der Waals surface area contributed by atoms with Crippen molar-refractivity contribution in [2.75, 3.05) is 13.1 Å². The van der Waals surface area contributed by atoms with Gasteiger partial charge in [0, 0.05) is 25.2 Å². The summed E-state index contributed by atoms with van der Waals surface area (Å²) in [6, 6.07) is -0.185. The maximum atomic E-state index is 12.0. The Morgan fingerprint density at radius 2 is 2.15 bits per heavy atom. The van der Waals surface area contributed by atoms with Crippen molar-refractivity contribution in [1.29, 1.82) is 0 Å². The second kappa shape index (κ2) is 2.60. The second-order valence-corrected chi connectivity index (χ2v) is 3.45. The molecule has 1 N–H and O–H groups in total. The average Bonchev–Trinajstić information content (AvgIpc) is 2.60. The molecule has 0 spiro atoms. The summed E-state index contributed by atoms with van der Waals surface area (Å²) in [4.78, 5) is 11.8. The topological polar surface area (TPSA) is 32.3 Å². The van der Waals surface area contributed by atoms with Gasteiger partial charge in [-0.3, -0.25) is 4.79 Å². The van der Waals surface area contributed by atoms with E-state index in [2.05, 4.69) is 5.32 Å². The standard InChI is InChI=1S/C7H9F3N2O/c8-7(9,10)6(13)12-3-4-1-5(12)2-11-4/h4-5,11H,1-3H2/t4-,5-/m0/s1. The van der Waals surface area contributed by atoms with Crippen molar-refractivity contribution >= 4 is 5.91 Å². The van der Waals surface area contributed by atoms with Crippen LogP contribution in [0.2, 0.25) is 0 Å². The van der Waals surface area contributed by atoms with Gasteiger partial charge in [-0.1, -0.05) is 0 Å². The number of nitrogens with one attached hydrogen (secondary N) is 1. The minimum absolute atomic E-state index is 0.0660. The fourth-order valence-corrected chi connectivity index (χ4v) is 1.97. The molecular formula is C7H9F3N2O. The lowest BCUT2D eigenvalue weighted by Crippen LogP contribution is -2.51. The quantitative estimate of drug-likeness (QED) is 0.594. The molecule has 0 aromatic carbocycles. The molecule has 74 valence electrons. The van der Waals surface area contributed by atoms with E-state index in [9.17, 15) is 18.0 Å². The second-order valence-electron chi connectivity index (χ2n) is 3.45. The molecule has 2 bridgehead atoms. The summed E-state index contributed by atoms with van der Waals surface area (Å²) < 4.78 is 36.0. The Labute approximate surface area is 72.9 Å². The lowest BCUT2D eigenvalue weighted by atomic mass is 10.2. The van der Waals surface area contributed by atoms with Gasteiger partial charge in [-0.25, -0.2) is 0 Å². The first-order valence-corrected chi connectivity index (χ1v) is 4.09. The van der Waals surface area contributed by atoms with Crippen LogP contribution in [0.25, 0.3) is 0 Å². The van der Waals surface area contributed by atoms with E-state index in [1.807, 2.05) is 0 Å². The maximum Gasteiger partial charge on any atom is 0.471 e. The fraction of sp³-hybridized carbons (Fsp3) is 0.857. The van der Waals surface area contributed by atoms with Crippen molar-refractivity contribution in [3.63, 3.8) is 0 Å². The SMILES string of the molecule is O=C(N1C[C@@H]2C[C@H]1CN2)C(F)(F)F. The zero-order valence-electron chi connectivity index (χ0n) is 6.77. The fourth-order valence-electron chi connectivity index (χ4n) is 1.97. The van der Waals surface area contributed by atoms with Crippen molar-refractivity contribution in [1.82, 2.24) is 10.2 Å². The van der Waals surface area contributed by atoms with Crippen LogP contribution in [-0.4, -0.2) is 42.2 Å². The van der Waals surface area contributed by atoms with E-state index >= 15 is 0 Å². The lowest BCUT2D eigenvalue weighted by molar-refractivity contribution is -0.186. The molecule has 6 heteroatoms. The molecule has 0 aromatic rings. The van der Waals surface area contributed by atoms with Crippen LogP contribution >= 0.6 is 0 Å². The zero-order valence-corrected chi connectivity index (χ0v) is 6.77. The molecule has 2 aliphatic rings. The molecule has 2 rings (SSSR count). The van der Waals surface area contributed by atoms with Crippen LogP contribution in [0.4, 0.5) is 13.2 Å². The number of amides is 1. The van der Waals surface area contributed by atoms with E-state index in [-0.39, 0.29) is 18.6 Å². The largest absolute Gasteiger partial charge is 0.471 e. The first-order chi connectivity index (χ1) is 5.98. The maximum absolute atomic E-state index is 12.0. The van der Waals surface area contributed by atoms with Gasteiger partial charge in [0.2, 0.25) is 0 Å². The Kier molecular flexibility index (Phi) is 1.76. The molecule has 2 saturated heterocycles. The Balaban J connectivity index is 2.07. The number of alkyl halides is 3. The summed E-state index contributed by atoms with van der Waals surface area (Å²) in [6.45, 7) is 0.690. The molecular weight excluding hydrogens is 185 g/mol. The highest BCUT2D eigenvalue weighted by Gasteiger charge is 2.49. The Hall–Kier alpha value is -0.780. The van der Waals surface area contributed by atoms with E-state index in [1.54, 1.807) is 0 Å². The van der Waals surface area contributed by atoms with Gasteiger partial charge in [0.25, 0.3) is 0 Å². The van der Waals surface area contributed by atoms with Gasteiger partial charge in [0.1, 0.15) is 0 Å². The van der Waals surface area contributed by atoms with Crippen molar-refractivity contribution in [3.8, 4) is 0 Å². The molecule has 13 heavy (non-hydrogen) atoms. The number of likely N-dealkylation sites (tertiary alicyclic amines) is 1. The lowest BCUT2D eigenvalue weighted by Gasteiger charge is -2.27. The summed E-state index contributed by atoms with van der Waals surface area (Å²) in [6.07, 6.45) is -4.06. The normalized spacial score (nSPS) is 32.7. The predicted octanol–water partition coefficient (Wildman–Crippen LogP) is 0.121. The molecule has 2 aliphatic heterocycles. The molecule has 0 unspecified atom stereocenters. The number of carbonyl (C=O) groups is 1. The molecule has 2 atom stereocenters. The molecule has 0 radical (unpaired) electrons. The number of hydrogen-bond acceptors (Lipinski definition) is 2. The number of fused-ring (bicyclic) bond motifs is 2. The molecule has 3 nitrogen and oxygen atoms in total. The summed E-state index contributed by atoms with van der Waals surface area (Å²) >= 11 is 0. The van der Waals surface area contributed by atoms with Crippen LogP contribution in [-0.2, 0) is 4.79 Å². The van der Waals surface area contributed by atoms with Crippen LogP contribution in [0.15, 0.2) is 0 Å². The molecule has 2 heterocycles. The number of halogens is 3. The van der Waals surface area contributed by atoms with Crippen molar-refractivity contribution in [2.45, 2.75) is 24.7 Å². The van der Waals surface area contributed by atoms with Crippen molar-refractivity contribution < 1.29 is 18.0 Å². The first kappa shape index (κ1) is 8.80.